The van der Waals surface area contributed by atoms with Crippen LogP contribution in [0.2, 0.25) is 0 Å². The smallest absolute Gasteiger partial charge is 0.276 e. The number of aromatic amines is 1. The Hall–Kier alpha value is -3.96. The Morgan fingerprint density at radius 1 is 1.27 bits per heavy atom. The number of nitrogens with zero attached hydrogens (tertiary/aromatic N) is 4. The number of hydrogen-bond acceptors (Lipinski definition) is 5. The first-order valence-corrected chi connectivity index (χ1v) is 9.71. The highest BCUT2D eigenvalue weighted by Gasteiger charge is 2.21. The average Bonchev–Trinajstić information content (AvgIpc) is 3.33. The highest BCUT2D eigenvalue weighted by molar-refractivity contribution is 6.11. The second kappa shape index (κ2) is 7.46. The number of benzene rings is 2. The number of carbonyl (C=O) groups is 1. The van der Waals surface area contributed by atoms with Gasteiger partial charge in [-0.3, -0.25) is 14.6 Å². The number of anilines is 1. The molecule has 0 aliphatic carbocycles. The van der Waals surface area contributed by atoms with Crippen LogP contribution in [0.4, 0.5) is 5.69 Å². The number of carbonyl (C=O) groups excluding carboxylic acids is 1. The molecule has 148 valence electrons. The zero-order chi connectivity index (χ0) is 20.5. The molecule has 8 nitrogen and oxygen atoms in total. The fraction of sp³-hybridized carbons (Fsp3) is 0.182. The fourth-order valence-electron chi connectivity index (χ4n) is 3.62. The van der Waals surface area contributed by atoms with E-state index in [9.17, 15) is 4.79 Å². The van der Waals surface area contributed by atoms with Crippen molar-refractivity contribution in [3.63, 3.8) is 0 Å². The van der Waals surface area contributed by atoms with E-state index >= 15 is 0 Å². The molecule has 8 heteroatoms. The van der Waals surface area contributed by atoms with Crippen molar-refractivity contribution >= 4 is 22.5 Å². The minimum Gasteiger partial charge on any atom is -0.318 e. The van der Waals surface area contributed by atoms with Gasteiger partial charge in [0.1, 0.15) is 0 Å². The Bertz CT molecular complexity index is 1280. The number of nitriles is 1. The second-order valence-electron chi connectivity index (χ2n) is 7.43. The summed E-state index contributed by atoms with van der Waals surface area (Å²) in [5.74, 6) is 0.236. The Morgan fingerprint density at radius 2 is 2.17 bits per heavy atom. The Balaban J connectivity index is 1.30. The summed E-state index contributed by atoms with van der Waals surface area (Å²) in [6.45, 7) is 2.48. The summed E-state index contributed by atoms with van der Waals surface area (Å²) in [5.41, 5.74) is 4.62. The number of hydrogen-bond donors (Lipinski definition) is 3. The molecule has 1 aliphatic rings. The van der Waals surface area contributed by atoms with E-state index in [-0.39, 0.29) is 5.91 Å². The highest BCUT2D eigenvalue weighted by Crippen LogP contribution is 2.25. The van der Waals surface area contributed by atoms with Crippen LogP contribution in [-0.4, -0.2) is 39.0 Å². The first-order valence-electron chi connectivity index (χ1n) is 9.71. The SMILES string of the molecule is N#Cc1cccc(Cn2cc(NC(=O)c3n[nH]c4cc(C5CNC5)ccc34)cn2)c1. The zero-order valence-electron chi connectivity index (χ0n) is 16.1. The number of H-pyrrole nitrogens is 1. The average molecular weight is 397 g/mol. The van der Waals surface area contributed by atoms with Crippen LogP contribution >= 0.6 is 0 Å². The predicted octanol–water partition coefficient (Wildman–Crippen LogP) is 2.62. The molecule has 1 amide bonds. The van der Waals surface area contributed by atoms with Crippen LogP contribution in [0.25, 0.3) is 10.9 Å². The van der Waals surface area contributed by atoms with Crippen molar-refractivity contribution in [3.05, 3.63) is 77.2 Å². The Morgan fingerprint density at radius 3 is 2.97 bits per heavy atom. The predicted molar refractivity (Wildman–Crippen MR) is 112 cm³/mol. The summed E-state index contributed by atoms with van der Waals surface area (Å²) >= 11 is 0. The van der Waals surface area contributed by atoms with Crippen molar-refractivity contribution in [1.29, 1.82) is 5.26 Å². The fourth-order valence-corrected chi connectivity index (χ4v) is 3.62. The number of nitrogens with one attached hydrogen (secondary N) is 3. The molecule has 5 rings (SSSR count). The second-order valence-corrected chi connectivity index (χ2v) is 7.43. The molecule has 0 saturated carbocycles. The van der Waals surface area contributed by atoms with Gasteiger partial charge in [0.05, 0.1) is 35.6 Å². The molecule has 1 aliphatic heterocycles. The summed E-state index contributed by atoms with van der Waals surface area (Å²) in [7, 11) is 0. The topological polar surface area (TPSA) is 111 Å². The molecule has 0 bridgehead atoms. The van der Waals surface area contributed by atoms with Gasteiger partial charge in [-0.25, -0.2) is 0 Å². The van der Waals surface area contributed by atoms with Crippen molar-refractivity contribution in [2.45, 2.75) is 12.5 Å². The maximum Gasteiger partial charge on any atom is 0.276 e. The van der Waals surface area contributed by atoms with Crippen molar-refractivity contribution in [2.75, 3.05) is 18.4 Å². The van der Waals surface area contributed by atoms with Gasteiger partial charge in [-0.1, -0.05) is 24.3 Å². The molecule has 1 saturated heterocycles. The molecule has 2 aromatic carbocycles. The van der Waals surface area contributed by atoms with Crippen molar-refractivity contribution in [1.82, 2.24) is 25.3 Å². The van der Waals surface area contributed by atoms with Gasteiger partial charge in [-0.2, -0.15) is 15.5 Å². The summed E-state index contributed by atoms with van der Waals surface area (Å²) in [6.07, 6.45) is 3.36. The van der Waals surface area contributed by atoms with E-state index < -0.39 is 0 Å². The number of aromatic nitrogens is 4. The molecule has 0 radical (unpaired) electrons. The standard InChI is InChI=1S/C22H19N7O/c23-8-14-2-1-3-15(6-14)12-29-13-18(11-25-29)26-22(30)21-19-5-4-16(17-9-24-10-17)7-20(19)27-28-21/h1-7,11,13,17,24H,9-10,12H2,(H,26,30)(H,27,28). The lowest BCUT2D eigenvalue weighted by Crippen LogP contribution is -2.39. The molecule has 0 unspecified atom stereocenters. The molecule has 4 aromatic rings. The maximum atomic E-state index is 12.7. The highest BCUT2D eigenvalue weighted by atomic mass is 16.2. The molecular weight excluding hydrogens is 378 g/mol. The van der Waals surface area contributed by atoms with Crippen LogP contribution in [0, 0.1) is 11.3 Å². The van der Waals surface area contributed by atoms with Gasteiger partial charge in [0.25, 0.3) is 5.91 Å². The molecule has 0 spiro atoms. The Kier molecular flexibility index (Phi) is 4.50. The molecule has 2 aromatic heterocycles. The van der Waals surface area contributed by atoms with Crippen LogP contribution in [0.15, 0.2) is 54.9 Å². The lowest BCUT2D eigenvalue weighted by Gasteiger charge is -2.27. The minimum atomic E-state index is -0.287. The monoisotopic (exact) mass is 397 g/mol. The van der Waals surface area contributed by atoms with Crippen molar-refractivity contribution in [3.8, 4) is 6.07 Å². The van der Waals surface area contributed by atoms with Crippen LogP contribution in [0.5, 0.6) is 0 Å². The molecule has 3 heterocycles. The molecule has 0 atom stereocenters. The molecule has 30 heavy (non-hydrogen) atoms. The molecule has 1 fully saturated rings. The third-order valence-electron chi connectivity index (χ3n) is 5.35. The van der Waals surface area contributed by atoms with Gasteiger partial charge in [0.15, 0.2) is 5.69 Å². The van der Waals surface area contributed by atoms with Crippen molar-refractivity contribution < 1.29 is 4.79 Å². The summed E-state index contributed by atoms with van der Waals surface area (Å²) in [5, 5.41) is 27.4. The van der Waals surface area contributed by atoms with Crippen molar-refractivity contribution in [2.24, 2.45) is 0 Å². The normalized spacial score (nSPS) is 13.7. The summed E-state index contributed by atoms with van der Waals surface area (Å²) < 4.78 is 1.72. The van der Waals surface area contributed by atoms with E-state index in [1.165, 1.54) is 5.56 Å². The number of fused-ring (bicyclic) bond motifs is 1. The van der Waals surface area contributed by atoms with E-state index in [1.54, 1.807) is 23.1 Å². The number of amides is 1. The van der Waals surface area contributed by atoms with Crippen LogP contribution in [0.3, 0.4) is 0 Å². The Labute approximate surface area is 172 Å². The van der Waals surface area contributed by atoms with E-state index in [2.05, 4.69) is 44.1 Å². The molecular formula is C22H19N7O. The summed E-state index contributed by atoms with van der Waals surface area (Å²) in [6, 6.07) is 15.6. The van der Waals surface area contributed by atoms with E-state index in [1.807, 2.05) is 24.3 Å². The van der Waals surface area contributed by atoms with E-state index in [0.717, 1.165) is 29.6 Å². The minimum absolute atomic E-state index is 0.287. The van der Waals surface area contributed by atoms with Crippen LogP contribution in [0.1, 0.15) is 33.1 Å². The lowest BCUT2D eigenvalue weighted by molar-refractivity contribution is 0.102. The molecule has 3 N–H and O–H groups in total. The van der Waals surface area contributed by atoms with Gasteiger partial charge in [0, 0.05) is 30.6 Å². The van der Waals surface area contributed by atoms with Gasteiger partial charge in [-0.05, 0) is 29.3 Å². The number of rotatable bonds is 5. The third-order valence-corrected chi connectivity index (χ3v) is 5.35. The van der Waals surface area contributed by atoms with Gasteiger partial charge in [-0.15, -0.1) is 0 Å². The summed E-state index contributed by atoms with van der Waals surface area (Å²) in [4.78, 5) is 12.7. The first kappa shape index (κ1) is 18.1. The van der Waals surface area contributed by atoms with Gasteiger partial charge < -0.3 is 10.6 Å². The zero-order valence-corrected chi connectivity index (χ0v) is 16.1. The van der Waals surface area contributed by atoms with Crippen LogP contribution in [-0.2, 0) is 6.54 Å². The van der Waals surface area contributed by atoms with Crippen LogP contribution < -0.4 is 10.6 Å². The lowest BCUT2D eigenvalue weighted by atomic mass is 9.93. The van der Waals surface area contributed by atoms with Gasteiger partial charge in [0.2, 0.25) is 0 Å². The third kappa shape index (κ3) is 3.43. The van der Waals surface area contributed by atoms with Gasteiger partial charge >= 0.3 is 0 Å². The first-order chi connectivity index (χ1) is 14.7. The quantitative estimate of drug-likeness (QED) is 0.479. The van der Waals surface area contributed by atoms with E-state index in [0.29, 0.717) is 29.4 Å². The maximum absolute atomic E-state index is 12.7. The largest absolute Gasteiger partial charge is 0.318 e. The van der Waals surface area contributed by atoms with E-state index in [4.69, 9.17) is 5.26 Å².